The Morgan fingerprint density at radius 2 is 2.00 bits per heavy atom. The summed E-state index contributed by atoms with van der Waals surface area (Å²) in [7, 11) is 0. The molecule has 0 spiro atoms. The summed E-state index contributed by atoms with van der Waals surface area (Å²) in [5.41, 5.74) is -0.623. The molecule has 6 nitrogen and oxygen atoms in total. The number of carbonyl (C=O) groups is 1. The Bertz CT molecular complexity index is 695. The van der Waals surface area contributed by atoms with Gasteiger partial charge in [-0.25, -0.2) is 4.79 Å². The number of amides is 1. The number of hydrogen-bond donors (Lipinski definition) is 0. The highest BCUT2D eigenvalue weighted by Crippen LogP contribution is 2.32. The van der Waals surface area contributed by atoms with Crippen LogP contribution in [-0.4, -0.2) is 46.5 Å². The molecule has 1 amide bonds. The number of fused-ring (bicyclic) bond motifs is 1. The molecule has 2 aliphatic rings. The number of hydrogen-bond acceptors (Lipinski definition) is 5. The Kier molecular flexibility index (Phi) is 4.12. The van der Waals surface area contributed by atoms with Crippen molar-refractivity contribution >= 4 is 11.8 Å². The SMILES string of the molecule is CC(C)(C)OC(=O)N1C[C@@H]2ON=C(c3ccc(C(F)(F)F)nc3)[C@@H]2C1. The highest BCUT2D eigenvalue weighted by molar-refractivity contribution is 6.03. The molecule has 0 aliphatic carbocycles. The molecular formula is C16H18F3N3O3. The van der Waals surface area contributed by atoms with E-state index < -0.39 is 23.6 Å². The van der Waals surface area contributed by atoms with E-state index in [1.807, 2.05) is 0 Å². The average molecular weight is 357 g/mol. The van der Waals surface area contributed by atoms with Crippen molar-refractivity contribution in [2.24, 2.45) is 11.1 Å². The van der Waals surface area contributed by atoms with Crippen molar-refractivity contribution in [2.75, 3.05) is 13.1 Å². The average Bonchev–Trinajstić information content (AvgIpc) is 3.04. The fourth-order valence-corrected chi connectivity index (χ4v) is 2.79. The minimum absolute atomic E-state index is 0.217. The highest BCUT2D eigenvalue weighted by Gasteiger charge is 2.45. The van der Waals surface area contributed by atoms with Crippen molar-refractivity contribution < 1.29 is 27.5 Å². The molecule has 0 radical (unpaired) electrons. The van der Waals surface area contributed by atoms with Gasteiger partial charge in [0.05, 0.1) is 18.2 Å². The van der Waals surface area contributed by atoms with Crippen LogP contribution in [0.2, 0.25) is 0 Å². The summed E-state index contributed by atoms with van der Waals surface area (Å²) < 4.78 is 43.2. The Hall–Kier alpha value is -2.32. The third-order valence-electron chi connectivity index (χ3n) is 3.91. The number of halogens is 3. The molecule has 0 unspecified atom stereocenters. The van der Waals surface area contributed by atoms with Crippen LogP contribution in [0, 0.1) is 5.92 Å². The molecule has 1 aromatic heterocycles. The molecule has 3 rings (SSSR count). The van der Waals surface area contributed by atoms with Gasteiger partial charge in [0, 0.05) is 18.3 Å². The van der Waals surface area contributed by atoms with Crippen molar-refractivity contribution in [3.63, 3.8) is 0 Å². The fraction of sp³-hybridized carbons (Fsp3) is 0.562. The summed E-state index contributed by atoms with van der Waals surface area (Å²) in [5, 5.41) is 3.97. The molecule has 0 N–H and O–H groups in total. The summed E-state index contributed by atoms with van der Waals surface area (Å²) in [6, 6.07) is 2.22. The van der Waals surface area contributed by atoms with Crippen LogP contribution in [0.4, 0.5) is 18.0 Å². The first kappa shape index (κ1) is 17.5. The van der Waals surface area contributed by atoms with Gasteiger partial charge in [-0.15, -0.1) is 0 Å². The van der Waals surface area contributed by atoms with Gasteiger partial charge in [0.2, 0.25) is 0 Å². The van der Waals surface area contributed by atoms with Crippen molar-refractivity contribution in [2.45, 2.75) is 38.7 Å². The minimum Gasteiger partial charge on any atom is -0.444 e. The first-order valence-electron chi connectivity index (χ1n) is 7.80. The van der Waals surface area contributed by atoms with E-state index in [1.165, 1.54) is 11.0 Å². The van der Waals surface area contributed by atoms with Crippen molar-refractivity contribution in [1.29, 1.82) is 0 Å². The van der Waals surface area contributed by atoms with E-state index in [0.717, 1.165) is 12.3 Å². The lowest BCUT2D eigenvalue weighted by atomic mass is 9.96. The number of likely N-dealkylation sites (tertiary alicyclic amines) is 1. The summed E-state index contributed by atoms with van der Waals surface area (Å²) in [4.78, 5) is 22.5. The normalized spacial score (nSPS) is 23.1. The number of alkyl halides is 3. The van der Waals surface area contributed by atoms with Crippen LogP contribution in [0.25, 0.3) is 0 Å². The minimum atomic E-state index is -4.49. The lowest BCUT2D eigenvalue weighted by Crippen LogP contribution is -2.36. The van der Waals surface area contributed by atoms with Gasteiger partial charge in [0.1, 0.15) is 11.3 Å². The predicted octanol–water partition coefficient (Wildman–Crippen LogP) is 3.07. The van der Waals surface area contributed by atoms with E-state index in [-0.39, 0.29) is 12.0 Å². The van der Waals surface area contributed by atoms with Crippen LogP contribution in [0.5, 0.6) is 0 Å². The molecule has 0 saturated carbocycles. The van der Waals surface area contributed by atoms with E-state index in [1.54, 1.807) is 20.8 Å². The molecule has 1 aromatic rings. The summed E-state index contributed by atoms with van der Waals surface area (Å²) >= 11 is 0. The van der Waals surface area contributed by atoms with E-state index >= 15 is 0 Å². The summed E-state index contributed by atoms with van der Waals surface area (Å²) in [6.45, 7) is 5.98. The van der Waals surface area contributed by atoms with Crippen molar-refractivity contribution in [3.8, 4) is 0 Å². The van der Waals surface area contributed by atoms with Crippen LogP contribution in [0.3, 0.4) is 0 Å². The number of aromatic nitrogens is 1. The zero-order chi connectivity index (χ0) is 18.4. The quantitative estimate of drug-likeness (QED) is 0.775. The molecule has 2 aliphatic heterocycles. The topological polar surface area (TPSA) is 64.0 Å². The largest absolute Gasteiger partial charge is 0.444 e. The smallest absolute Gasteiger partial charge is 0.433 e. The molecule has 1 fully saturated rings. The number of oxime groups is 1. The second kappa shape index (κ2) is 5.89. The van der Waals surface area contributed by atoms with Crippen molar-refractivity contribution in [1.82, 2.24) is 9.88 Å². The monoisotopic (exact) mass is 357 g/mol. The van der Waals surface area contributed by atoms with E-state index in [4.69, 9.17) is 9.57 Å². The van der Waals surface area contributed by atoms with Crippen molar-refractivity contribution in [3.05, 3.63) is 29.6 Å². The molecule has 2 atom stereocenters. The standard InChI is InChI=1S/C16H18F3N3O3/c1-15(2,3)24-14(23)22-7-10-11(8-22)25-21-13(10)9-4-5-12(20-6-9)16(17,18)19/h4-6,10-11H,7-8H2,1-3H3/t10-,11+/m1/s1. The lowest BCUT2D eigenvalue weighted by molar-refractivity contribution is -0.141. The maximum atomic E-state index is 12.6. The van der Waals surface area contributed by atoms with E-state index in [9.17, 15) is 18.0 Å². The molecule has 3 heterocycles. The van der Waals surface area contributed by atoms with Crippen LogP contribution >= 0.6 is 0 Å². The van der Waals surface area contributed by atoms with Gasteiger partial charge in [-0.1, -0.05) is 5.16 Å². The van der Waals surface area contributed by atoms with Crippen LogP contribution in [-0.2, 0) is 15.8 Å². The molecule has 9 heteroatoms. The zero-order valence-corrected chi connectivity index (χ0v) is 14.0. The summed E-state index contributed by atoms with van der Waals surface area (Å²) in [6.07, 6.45) is -4.14. The Morgan fingerprint density at radius 3 is 2.56 bits per heavy atom. The second-order valence-corrected chi connectivity index (χ2v) is 7.04. The molecular weight excluding hydrogens is 339 g/mol. The number of rotatable bonds is 1. The Balaban J connectivity index is 1.71. The van der Waals surface area contributed by atoms with Crippen LogP contribution in [0.15, 0.2) is 23.5 Å². The lowest BCUT2D eigenvalue weighted by Gasteiger charge is -2.24. The third-order valence-corrected chi connectivity index (χ3v) is 3.91. The number of ether oxygens (including phenoxy) is 1. The number of carbonyl (C=O) groups excluding carboxylic acids is 1. The number of pyridine rings is 1. The van der Waals surface area contributed by atoms with Gasteiger partial charge < -0.3 is 14.5 Å². The molecule has 1 saturated heterocycles. The van der Waals surface area contributed by atoms with Gasteiger partial charge in [-0.3, -0.25) is 4.98 Å². The molecule has 136 valence electrons. The van der Waals surface area contributed by atoms with Crippen LogP contribution < -0.4 is 0 Å². The van der Waals surface area contributed by atoms with Gasteiger partial charge >= 0.3 is 12.3 Å². The van der Waals surface area contributed by atoms with E-state index in [0.29, 0.717) is 24.4 Å². The van der Waals surface area contributed by atoms with Gasteiger partial charge in [0.15, 0.2) is 6.10 Å². The molecule has 0 bridgehead atoms. The first-order valence-corrected chi connectivity index (χ1v) is 7.80. The van der Waals surface area contributed by atoms with Gasteiger partial charge in [0.25, 0.3) is 0 Å². The van der Waals surface area contributed by atoms with E-state index in [2.05, 4.69) is 10.1 Å². The first-order chi connectivity index (χ1) is 11.5. The summed E-state index contributed by atoms with van der Waals surface area (Å²) in [5.74, 6) is -0.217. The molecule has 0 aromatic carbocycles. The number of nitrogens with zero attached hydrogens (tertiary/aromatic N) is 3. The maximum Gasteiger partial charge on any atom is 0.433 e. The Morgan fingerprint density at radius 1 is 1.28 bits per heavy atom. The van der Waals surface area contributed by atoms with Crippen LogP contribution in [0.1, 0.15) is 32.0 Å². The second-order valence-electron chi connectivity index (χ2n) is 7.04. The third kappa shape index (κ3) is 3.69. The van der Waals surface area contributed by atoms with Gasteiger partial charge in [-0.2, -0.15) is 13.2 Å². The van der Waals surface area contributed by atoms with Gasteiger partial charge in [-0.05, 0) is 32.9 Å². The maximum absolute atomic E-state index is 12.6. The molecule has 25 heavy (non-hydrogen) atoms. The predicted molar refractivity (Wildman–Crippen MR) is 81.9 cm³/mol. The zero-order valence-electron chi connectivity index (χ0n) is 14.0. The Labute approximate surface area is 142 Å². The highest BCUT2D eigenvalue weighted by atomic mass is 19.4. The fourth-order valence-electron chi connectivity index (χ4n) is 2.79.